The van der Waals surface area contributed by atoms with Gasteiger partial charge in [-0.25, -0.2) is 14.6 Å². The molecular formula is C18H26N2O5. The Morgan fingerprint density at radius 3 is 1.56 bits per heavy atom. The molecule has 25 heavy (non-hydrogen) atoms. The van der Waals surface area contributed by atoms with Crippen molar-refractivity contribution in [3.8, 4) is 0 Å². The molecule has 0 aliphatic heterocycles. The zero-order valence-electron chi connectivity index (χ0n) is 15.8. The summed E-state index contributed by atoms with van der Waals surface area (Å²) in [5.41, 5.74) is -1.36. The van der Waals surface area contributed by atoms with Crippen LogP contribution in [0.25, 0.3) is 0 Å². The second-order valence-corrected chi connectivity index (χ2v) is 7.47. The van der Waals surface area contributed by atoms with Gasteiger partial charge in [-0.3, -0.25) is 4.79 Å². The molecule has 0 bridgehead atoms. The summed E-state index contributed by atoms with van der Waals surface area (Å²) in [5.74, 6) is -0.544. The number of hydrazine groups is 1. The monoisotopic (exact) mass is 350 g/mol. The number of nitrogens with zero attached hydrogens (tertiary/aromatic N) is 2. The van der Waals surface area contributed by atoms with Gasteiger partial charge in [-0.15, -0.1) is 5.01 Å². The summed E-state index contributed by atoms with van der Waals surface area (Å²) >= 11 is 0. The Kier molecular flexibility index (Phi) is 6.18. The first-order valence-corrected chi connectivity index (χ1v) is 7.91. The lowest BCUT2D eigenvalue weighted by molar-refractivity contribution is -0.0444. The third-order valence-corrected chi connectivity index (χ3v) is 2.75. The van der Waals surface area contributed by atoms with E-state index >= 15 is 0 Å². The Hall–Kier alpha value is -2.57. The highest BCUT2D eigenvalue weighted by Crippen LogP contribution is 2.17. The maximum absolute atomic E-state index is 12.6. The summed E-state index contributed by atoms with van der Waals surface area (Å²) < 4.78 is 10.5. The topological polar surface area (TPSA) is 76.2 Å². The SMILES string of the molecule is CN(C(=O)c1ccccc1)N(C(=O)OC(C)(C)C)C(=O)OC(C)(C)C. The van der Waals surface area contributed by atoms with E-state index in [1.165, 1.54) is 7.05 Å². The quantitative estimate of drug-likeness (QED) is 0.719. The lowest BCUT2D eigenvalue weighted by Gasteiger charge is -2.33. The number of carbonyl (C=O) groups is 3. The fourth-order valence-electron chi connectivity index (χ4n) is 1.79. The molecule has 138 valence electrons. The Balaban J connectivity index is 3.14. The van der Waals surface area contributed by atoms with E-state index in [4.69, 9.17) is 9.47 Å². The Labute approximate surface area is 148 Å². The highest BCUT2D eigenvalue weighted by Gasteiger charge is 2.36. The molecule has 7 nitrogen and oxygen atoms in total. The van der Waals surface area contributed by atoms with Crippen LogP contribution in [0.3, 0.4) is 0 Å². The van der Waals surface area contributed by atoms with E-state index in [2.05, 4.69) is 0 Å². The largest absolute Gasteiger partial charge is 0.442 e. The minimum Gasteiger partial charge on any atom is -0.442 e. The number of carbonyl (C=O) groups excluding carboxylic acids is 3. The second-order valence-electron chi connectivity index (χ2n) is 7.47. The van der Waals surface area contributed by atoms with E-state index in [1.54, 1.807) is 71.9 Å². The van der Waals surface area contributed by atoms with Crippen LogP contribution < -0.4 is 0 Å². The number of amides is 3. The fourth-order valence-corrected chi connectivity index (χ4v) is 1.79. The van der Waals surface area contributed by atoms with Crippen molar-refractivity contribution in [2.45, 2.75) is 52.7 Å². The van der Waals surface area contributed by atoms with Crippen molar-refractivity contribution in [3.05, 3.63) is 35.9 Å². The van der Waals surface area contributed by atoms with Gasteiger partial charge >= 0.3 is 12.2 Å². The van der Waals surface area contributed by atoms with Crippen LogP contribution in [-0.2, 0) is 9.47 Å². The van der Waals surface area contributed by atoms with Crippen molar-refractivity contribution in [3.63, 3.8) is 0 Å². The van der Waals surface area contributed by atoms with E-state index in [0.29, 0.717) is 10.6 Å². The zero-order chi connectivity index (χ0) is 19.4. The van der Waals surface area contributed by atoms with Crippen LogP contribution in [0, 0.1) is 0 Å². The van der Waals surface area contributed by atoms with Crippen LogP contribution in [0.15, 0.2) is 30.3 Å². The summed E-state index contributed by atoms with van der Waals surface area (Å²) in [6.07, 6.45) is -1.98. The molecule has 0 aliphatic rings. The molecule has 0 aromatic heterocycles. The van der Waals surface area contributed by atoms with Crippen molar-refractivity contribution in [2.24, 2.45) is 0 Å². The molecule has 1 aromatic carbocycles. The first-order chi connectivity index (χ1) is 11.3. The number of rotatable bonds is 1. The Morgan fingerprint density at radius 2 is 1.20 bits per heavy atom. The van der Waals surface area contributed by atoms with Gasteiger partial charge in [-0.05, 0) is 53.7 Å². The van der Waals surface area contributed by atoms with Crippen molar-refractivity contribution in [1.29, 1.82) is 0 Å². The summed E-state index contributed by atoms with van der Waals surface area (Å²) in [4.78, 5) is 37.5. The fraction of sp³-hybridized carbons (Fsp3) is 0.500. The first-order valence-electron chi connectivity index (χ1n) is 7.91. The van der Waals surface area contributed by atoms with Crippen molar-refractivity contribution in [1.82, 2.24) is 10.0 Å². The molecule has 0 N–H and O–H groups in total. The minimum absolute atomic E-state index is 0.321. The number of benzene rings is 1. The molecule has 0 fully saturated rings. The predicted molar refractivity (Wildman–Crippen MR) is 92.8 cm³/mol. The lowest BCUT2D eigenvalue weighted by Crippen LogP contribution is -2.53. The van der Waals surface area contributed by atoms with Crippen LogP contribution in [-0.4, -0.2) is 46.4 Å². The maximum Gasteiger partial charge on any atom is 0.439 e. The molecule has 0 saturated carbocycles. The predicted octanol–water partition coefficient (Wildman–Crippen LogP) is 3.85. The molecule has 7 heteroatoms. The Morgan fingerprint density at radius 1 is 0.800 bits per heavy atom. The van der Waals surface area contributed by atoms with Crippen LogP contribution in [0.2, 0.25) is 0 Å². The van der Waals surface area contributed by atoms with Gasteiger partial charge in [-0.2, -0.15) is 0 Å². The molecule has 1 aromatic rings. The molecular weight excluding hydrogens is 324 g/mol. The van der Waals surface area contributed by atoms with E-state index in [1.807, 2.05) is 0 Å². The molecule has 0 atom stereocenters. The molecule has 0 unspecified atom stereocenters. The van der Waals surface area contributed by atoms with E-state index in [9.17, 15) is 14.4 Å². The molecule has 0 radical (unpaired) electrons. The number of hydrogen-bond acceptors (Lipinski definition) is 5. The number of imide groups is 1. The molecule has 0 saturated heterocycles. The van der Waals surface area contributed by atoms with Gasteiger partial charge in [0.15, 0.2) is 0 Å². The van der Waals surface area contributed by atoms with Crippen LogP contribution in [0.1, 0.15) is 51.9 Å². The lowest BCUT2D eigenvalue weighted by atomic mass is 10.2. The smallest absolute Gasteiger partial charge is 0.439 e. The minimum atomic E-state index is -0.992. The van der Waals surface area contributed by atoms with Crippen LogP contribution in [0.4, 0.5) is 9.59 Å². The summed E-state index contributed by atoms with van der Waals surface area (Å²) in [6, 6.07) is 8.30. The molecule has 0 aliphatic carbocycles. The van der Waals surface area contributed by atoms with Crippen molar-refractivity contribution >= 4 is 18.1 Å². The van der Waals surface area contributed by atoms with E-state index < -0.39 is 29.3 Å². The third-order valence-electron chi connectivity index (χ3n) is 2.75. The van der Waals surface area contributed by atoms with Crippen LogP contribution >= 0.6 is 0 Å². The van der Waals surface area contributed by atoms with Gasteiger partial charge in [0.05, 0.1) is 0 Å². The first kappa shape index (κ1) is 20.5. The molecule has 3 amide bonds. The van der Waals surface area contributed by atoms with Gasteiger partial charge < -0.3 is 9.47 Å². The normalized spacial score (nSPS) is 11.5. The summed E-state index contributed by atoms with van der Waals surface area (Å²) in [5, 5.41) is 1.45. The highest BCUT2D eigenvalue weighted by molar-refractivity contribution is 5.98. The highest BCUT2D eigenvalue weighted by atomic mass is 16.6. The summed E-state index contributed by atoms with van der Waals surface area (Å²) in [6.45, 7) is 9.98. The zero-order valence-corrected chi connectivity index (χ0v) is 15.8. The van der Waals surface area contributed by atoms with Gasteiger partial charge in [0.2, 0.25) is 0 Å². The average Bonchev–Trinajstić information content (AvgIpc) is 2.43. The van der Waals surface area contributed by atoms with Gasteiger partial charge in [0.1, 0.15) is 11.2 Å². The van der Waals surface area contributed by atoms with Crippen LogP contribution in [0.5, 0.6) is 0 Å². The molecule has 0 heterocycles. The van der Waals surface area contributed by atoms with E-state index in [0.717, 1.165) is 5.01 Å². The molecule has 0 spiro atoms. The Bertz CT molecular complexity index is 601. The number of ether oxygens (including phenoxy) is 2. The van der Waals surface area contributed by atoms with Gasteiger partial charge in [0.25, 0.3) is 5.91 Å². The molecule has 1 rings (SSSR count). The van der Waals surface area contributed by atoms with Gasteiger partial charge in [-0.1, -0.05) is 18.2 Å². The number of hydrogen-bond donors (Lipinski definition) is 0. The second kappa shape index (κ2) is 7.55. The maximum atomic E-state index is 12.6. The van der Waals surface area contributed by atoms with E-state index in [-0.39, 0.29) is 0 Å². The average molecular weight is 350 g/mol. The summed E-state index contributed by atoms with van der Waals surface area (Å²) in [7, 11) is 1.31. The van der Waals surface area contributed by atoms with Gasteiger partial charge in [0, 0.05) is 12.6 Å². The standard InChI is InChI=1S/C18H26N2O5/c1-17(2,3)24-15(22)20(16(23)25-18(4,5)6)19(7)14(21)13-11-9-8-10-12-13/h8-12H,1-7H3. The third kappa shape index (κ3) is 6.45. The van der Waals surface area contributed by atoms with Crippen molar-refractivity contribution in [2.75, 3.05) is 7.05 Å². The van der Waals surface area contributed by atoms with Crippen molar-refractivity contribution < 1.29 is 23.9 Å².